The summed E-state index contributed by atoms with van der Waals surface area (Å²) in [6.45, 7) is 5.21. The van der Waals surface area contributed by atoms with E-state index in [1.807, 2.05) is 30.3 Å². The van der Waals surface area contributed by atoms with Crippen molar-refractivity contribution in [2.45, 2.75) is 19.3 Å². The average Bonchev–Trinajstić information content (AvgIpc) is 2.35. The fourth-order valence-corrected chi connectivity index (χ4v) is 1.92. The third-order valence-corrected chi connectivity index (χ3v) is 4.99. The molecule has 0 unspecified atom stereocenters. The molecule has 0 aromatic heterocycles. The van der Waals surface area contributed by atoms with E-state index in [1.54, 1.807) is 20.3 Å². The quantitative estimate of drug-likeness (QED) is 0.476. The Labute approximate surface area is 113 Å². The summed E-state index contributed by atoms with van der Waals surface area (Å²) in [4.78, 5) is 11.7. The van der Waals surface area contributed by atoms with Crippen molar-refractivity contribution < 1.29 is 14.6 Å². The highest BCUT2D eigenvalue weighted by Crippen LogP contribution is 2.40. The first kappa shape index (κ1) is 15.9. The molecule has 1 amide bonds. The molecule has 6 heteroatoms. The molecule has 106 valence electrons. The van der Waals surface area contributed by atoms with Crippen LogP contribution >= 0.6 is 7.14 Å². The Morgan fingerprint density at radius 2 is 1.95 bits per heavy atom. The molecule has 0 bridgehead atoms. The van der Waals surface area contributed by atoms with E-state index in [1.165, 1.54) is 0 Å². The second kappa shape index (κ2) is 6.85. The lowest BCUT2D eigenvalue weighted by Crippen LogP contribution is -2.38. The van der Waals surface area contributed by atoms with Gasteiger partial charge in [-0.2, -0.15) is 0 Å². The maximum atomic E-state index is 11.7. The van der Waals surface area contributed by atoms with Gasteiger partial charge in [-0.05, 0) is 25.8 Å². The first-order chi connectivity index (χ1) is 8.80. The molecule has 0 fully saturated rings. The lowest BCUT2D eigenvalue weighted by Gasteiger charge is -2.20. The van der Waals surface area contributed by atoms with Crippen molar-refractivity contribution in [1.82, 2.24) is 10.4 Å². The number of hydrogen-bond donors (Lipinski definition) is 2. The Bertz CT molecular complexity index is 458. The lowest BCUT2D eigenvalue weighted by molar-refractivity contribution is -0.166. The molecule has 2 N–H and O–H groups in total. The second-order valence-electron chi connectivity index (χ2n) is 4.93. The Balaban J connectivity index is 2.44. The molecular formula is C13H21N2O3P. The molecule has 0 heterocycles. The van der Waals surface area contributed by atoms with Gasteiger partial charge in [0.15, 0.2) is 0 Å². The summed E-state index contributed by atoms with van der Waals surface area (Å²) >= 11 is 0. The molecule has 0 radical (unpaired) electrons. The van der Waals surface area contributed by atoms with Gasteiger partial charge in [0, 0.05) is 0 Å². The van der Waals surface area contributed by atoms with Gasteiger partial charge in [0.05, 0.1) is 26.0 Å². The van der Waals surface area contributed by atoms with Crippen LogP contribution in [0.3, 0.4) is 0 Å². The molecule has 0 aliphatic carbocycles. The predicted octanol–water partition coefficient (Wildman–Crippen LogP) is 1.96. The number of benzene rings is 1. The number of amides is 1. The van der Waals surface area contributed by atoms with Gasteiger partial charge in [-0.3, -0.25) is 15.3 Å². The molecule has 1 rings (SSSR count). The van der Waals surface area contributed by atoms with E-state index in [0.29, 0.717) is 5.06 Å². The van der Waals surface area contributed by atoms with Crippen LogP contribution in [0.5, 0.6) is 0 Å². The fourth-order valence-electron chi connectivity index (χ4n) is 1.39. The van der Waals surface area contributed by atoms with E-state index in [9.17, 15) is 14.6 Å². The van der Waals surface area contributed by atoms with Gasteiger partial charge in [-0.15, -0.1) is 0 Å². The molecule has 0 saturated heterocycles. The zero-order chi connectivity index (χ0) is 14.5. The zero-order valence-electron chi connectivity index (χ0n) is 11.5. The van der Waals surface area contributed by atoms with Gasteiger partial charge < -0.3 is 4.57 Å². The van der Waals surface area contributed by atoms with Crippen LogP contribution in [0.15, 0.2) is 30.3 Å². The van der Waals surface area contributed by atoms with Crippen LogP contribution in [-0.2, 0) is 15.9 Å². The number of nitrogens with zero attached hydrogens (tertiary/aromatic N) is 1. The molecule has 0 aliphatic rings. The van der Waals surface area contributed by atoms with Gasteiger partial charge in [0.2, 0.25) is 0 Å². The minimum absolute atomic E-state index is 0.0316. The Kier molecular flexibility index (Phi) is 5.73. The highest BCUT2D eigenvalue weighted by atomic mass is 31.2. The van der Waals surface area contributed by atoms with Crippen LogP contribution in [0.1, 0.15) is 12.5 Å². The monoisotopic (exact) mass is 284 g/mol. The number of nitrogens with one attached hydrogen (secondary N) is 1. The van der Waals surface area contributed by atoms with Crippen LogP contribution in [-0.4, -0.2) is 41.8 Å². The van der Waals surface area contributed by atoms with Crippen molar-refractivity contribution in [2.24, 2.45) is 0 Å². The molecule has 19 heavy (non-hydrogen) atoms. The van der Waals surface area contributed by atoms with E-state index in [4.69, 9.17) is 0 Å². The van der Waals surface area contributed by atoms with Crippen molar-refractivity contribution >= 4 is 13.0 Å². The molecule has 1 aromatic rings. The number of carbonyl (C=O) groups is 1. The molecular weight excluding hydrogens is 263 g/mol. The Morgan fingerprint density at radius 1 is 1.37 bits per heavy atom. The summed E-state index contributed by atoms with van der Waals surface area (Å²) in [7, 11) is -2.27. The van der Waals surface area contributed by atoms with E-state index in [-0.39, 0.29) is 18.9 Å². The summed E-state index contributed by atoms with van der Waals surface area (Å²) in [6.07, 6.45) is 0. The first-order valence-corrected chi connectivity index (χ1v) is 8.79. The normalized spacial score (nSPS) is 13.1. The number of carbonyl (C=O) groups excluding carboxylic acids is 1. The summed E-state index contributed by atoms with van der Waals surface area (Å²) in [5, 5.41) is 13.2. The lowest BCUT2D eigenvalue weighted by atomic mass is 10.2. The van der Waals surface area contributed by atoms with E-state index < -0.39 is 13.0 Å². The largest absolute Gasteiger partial charge is 0.323 e. The molecule has 0 saturated carbocycles. The summed E-state index contributed by atoms with van der Waals surface area (Å²) in [5.74, 6) is -0.689. The fraction of sp³-hybridized carbons (Fsp3) is 0.462. The van der Waals surface area contributed by atoms with E-state index >= 15 is 0 Å². The van der Waals surface area contributed by atoms with Crippen molar-refractivity contribution in [3.8, 4) is 0 Å². The summed E-state index contributed by atoms with van der Waals surface area (Å²) < 4.78 is 11.7. The van der Waals surface area contributed by atoms with Crippen LogP contribution < -0.4 is 5.32 Å². The smallest absolute Gasteiger partial charge is 0.260 e. The van der Waals surface area contributed by atoms with Crippen molar-refractivity contribution in [3.05, 3.63) is 35.9 Å². The van der Waals surface area contributed by atoms with E-state index in [0.717, 1.165) is 5.56 Å². The van der Waals surface area contributed by atoms with Crippen molar-refractivity contribution in [2.75, 3.05) is 19.9 Å². The molecule has 0 spiro atoms. The predicted molar refractivity (Wildman–Crippen MR) is 75.7 cm³/mol. The van der Waals surface area contributed by atoms with Gasteiger partial charge >= 0.3 is 0 Å². The van der Waals surface area contributed by atoms with Crippen LogP contribution in [0, 0.1) is 0 Å². The summed E-state index contributed by atoms with van der Waals surface area (Å²) in [5.41, 5.74) is 0.850. The minimum Gasteiger partial charge on any atom is -0.323 e. The Morgan fingerprint density at radius 3 is 2.47 bits per heavy atom. The maximum Gasteiger partial charge on any atom is 0.260 e. The average molecular weight is 284 g/mol. The van der Waals surface area contributed by atoms with Crippen molar-refractivity contribution in [1.29, 1.82) is 0 Å². The molecule has 5 nitrogen and oxygen atoms in total. The standard InChI is InChI=1S/C13H21N2O3P/c1-11(19(2,3)18)14-9-13(16)15(17)10-12-7-5-4-6-8-12/h4-8,11,14,17H,9-10H2,1-3H3/t11-/m1/s1. The van der Waals surface area contributed by atoms with Crippen LogP contribution in [0.4, 0.5) is 0 Å². The van der Waals surface area contributed by atoms with Gasteiger partial charge in [-0.1, -0.05) is 30.3 Å². The third-order valence-electron chi connectivity index (χ3n) is 2.94. The number of rotatable bonds is 6. The SMILES string of the molecule is C[C@H](NCC(=O)N(O)Cc1ccccc1)P(C)(C)=O. The molecule has 0 aliphatic heterocycles. The molecule has 1 atom stereocenters. The minimum atomic E-state index is -2.27. The van der Waals surface area contributed by atoms with Gasteiger partial charge in [0.1, 0.15) is 0 Å². The third kappa shape index (κ3) is 5.55. The first-order valence-electron chi connectivity index (χ1n) is 6.12. The molecule has 1 aromatic carbocycles. The second-order valence-corrected chi connectivity index (χ2v) is 8.57. The number of hydrogen-bond acceptors (Lipinski definition) is 4. The van der Waals surface area contributed by atoms with Crippen molar-refractivity contribution in [3.63, 3.8) is 0 Å². The zero-order valence-corrected chi connectivity index (χ0v) is 12.4. The topological polar surface area (TPSA) is 69.6 Å². The highest BCUT2D eigenvalue weighted by molar-refractivity contribution is 7.63. The van der Waals surface area contributed by atoms with Gasteiger partial charge in [0.25, 0.3) is 5.91 Å². The highest BCUT2D eigenvalue weighted by Gasteiger charge is 2.19. The number of hydroxylamine groups is 2. The van der Waals surface area contributed by atoms with Crippen LogP contribution in [0.25, 0.3) is 0 Å². The summed E-state index contributed by atoms with van der Waals surface area (Å²) in [6, 6.07) is 9.23. The van der Waals surface area contributed by atoms with E-state index in [2.05, 4.69) is 5.32 Å². The maximum absolute atomic E-state index is 11.7. The Hall–Kier alpha value is -1.16. The van der Waals surface area contributed by atoms with Gasteiger partial charge in [-0.25, -0.2) is 5.06 Å². The van der Waals surface area contributed by atoms with Crippen LogP contribution in [0.2, 0.25) is 0 Å².